The van der Waals surface area contributed by atoms with Crippen molar-refractivity contribution >= 4 is 32.1 Å². The molecule has 0 spiro atoms. The zero-order valence-electron chi connectivity index (χ0n) is 23.8. The van der Waals surface area contributed by atoms with Crippen molar-refractivity contribution in [3.05, 3.63) is 88.6 Å². The Bertz CT molecular complexity index is 2110. The predicted molar refractivity (Wildman–Crippen MR) is 133 cm³/mol. The summed E-state index contributed by atoms with van der Waals surface area (Å²) in [5, 5.41) is -6.14. The van der Waals surface area contributed by atoms with Crippen molar-refractivity contribution in [3.63, 3.8) is 0 Å². The maximum Gasteiger partial charge on any atom is 0.460 e. The van der Waals surface area contributed by atoms with Gasteiger partial charge in [0.05, 0.1) is 0 Å². The van der Waals surface area contributed by atoms with Crippen LogP contribution in [0.1, 0.15) is 0 Å². The van der Waals surface area contributed by atoms with Crippen LogP contribution in [0.3, 0.4) is 0 Å². The van der Waals surface area contributed by atoms with Crippen LogP contribution < -0.4 is 32.5 Å². The third-order valence-corrected chi connectivity index (χ3v) is 9.87. The Hall–Kier alpha value is -3.69. The first-order valence-corrected chi connectivity index (χ1v) is 16.1. The van der Waals surface area contributed by atoms with E-state index < -0.39 is 78.3 Å². The van der Waals surface area contributed by atoms with E-state index in [1.807, 2.05) is 36.4 Å². The van der Waals surface area contributed by atoms with Gasteiger partial charge < -0.3 is 13.4 Å². The highest BCUT2D eigenvalue weighted by Gasteiger charge is 2.95. The Morgan fingerprint density at radius 1 is 0.481 bits per heavy atom. The van der Waals surface area contributed by atoms with E-state index in [0.29, 0.717) is 11.2 Å². The van der Waals surface area contributed by atoms with E-state index in [1.54, 1.807) is 12.1 Å². The second-order valence-corrected chi connectivity index (χ2v) is 14.3. The molecule has 7 nitrogen and oxygen atoms in total. The van der Waals surface area contributed by atoms with Crippen molar-refractivity contribution in [1.82, 2.24) is 0 Å². The number of hydrogen-bond acceptors (Lipinski definition) is 7. The number of rotatable bonds is 9. The van der Waals surface area contributed by atoms with Crippen molar-refractivity contribution in [2.24, 2.45) is 0 Å². The Kier molecular flexibility index (Phi) is 10.9. The Balaban J connectivity index is 0.000000285. The molecule has 0 aliphatic rings. The molecule has 0 saturated heterocycles. The minimum absolute atomic E-state index is 0.347. The quantitative estimate of drug-likeness (QED) is 0.105. The average Bonchev–Trinajstić information content (AvgIpc) is 2.99. The third kappa shape index (κ3) is 7.03. The lowest BCUT2D eigenvalue weighted by molar-refractivity contribution is -0.597. The van der Waals surface area contributed by atoms with Crippen molar-refractivity contribution < 1.29 is 118 Å². The van der Waals surface area contributed by atoms with E-state index in [2.05, 4.69) is 0 Å². The summed E-state index contributed by atoms with van der Waals surface area (Å²) in [4.78, 5) is 22.7. The fourth-order valence-corrected chi connectivity index (χ4v) is 6.38. The minimum atomic E-state index is -8.92. The lowest BCUT2D eigenvalue weighted by Gasteiger charge is -2.42. The molecule has 52 heavy (non-hydrogen) atoms. The topological polar surface area (TPSA) is 118 Å². The Morgan fingerprint density at radius 3 is 1.12 bits per heavy atom. The van der Waals surface area contributed by atoms with Gasteiger partial charge in [0.25, 0.3) is 0 Å². The van der Waals surface area contributed by atoms with Gasteiger partial charge in [-0.1, -0.05) is 0 Å². The molecule has 0 unspecified atom stereocenters. The molecule has 288 valence electrons. The third-order valence-electron chi connectivity index (χ3n) is 6.40. The Labute approximate surface area is 285 Å². The van der Waals surface area contributed by atoms with Crippen LogP contribution in [0, 0.1) is 7.14 Å². The summed E-state index contributed by atoms with van der Waals surface area (Å²) in [6.45, 7) is 0. The monoisotopic (exact) mass is 916 g/mol. The maximum atomic E-state index is 13.0. The number of alkyl halides is 17. The first kappa shape index (κ1) is 42.7. The standard InChI is InChI=1S/C18H10IO4.C8HF17O3S/c20-17-7-3-11-1-5-13(9-15(11)22-17)19-14-6-2-12-4-8-18(21)23-16(12)10-14;9-1(10,3(13,14)5(17,18)7(21,22)23)2(11,12)4(15,16)6(19,20)8(24,25)29(26,27)28/h1-10H;(H,26,27,28)/q+1;/p-1. The highest BCUT2D eigenvalue weighted by Crippen LogP contribution is 2.64. The van der Waals surface area contributed by atoms with Crippen LogP contribution in [0.2, 0.25) is 0 Å². The number of hydrogen-bond donors (Lipinski definition) is 0. The van der Waals surface area contributed by atoms with Crippen LogP contribution in [0.15, 0.2) is 79.1 Å². The van der Waals surface area contributed by atoms with Gasteiger partial charge in [-0.25, -0.2) is 18.0 Å². The summed E-state index contributed by atoms with van der Waals surface area (Å²) in [6, 6.07) is 18.2. The average molecular weight is 916 g/mol. The lowest BCUT2D eigenvalue weighted by atomic mass is 9.91. The van der Waals surface area contributed by atoms with E-state index >= 15 is 0 Å². The molecule has 0 aliphatic carbocycles. The first-order valence-electron chi connectivity index (χ1n) is 12.6. The van der Waals surface area contributed by atoms with Gasteiger partial charge >= 0.3 is 79.4 Å². The fourth-order valence-electron chi connectivity index (χ4n) is 3.62. The van der Waals surface area contributed by atoms with Crippen molar-refractivity contribution in [1.29, 1.82) is 0 Å². The van der Waals surface area contributed by atoms with Crippen molar-refractivity contribution in [3.8, 4) is 0 Å². The second kappa shape index (κ2) is 13.3. The van der Waals surface area contributed by atoms with Crippen LogP contribution in [-0.2, 0) is 10.1 Å². The summed E-state index contributed by atoms with van der Waals surface area (Å²) in [5.41, 5.74) is 0.504. The highest BCUT2D eigenvalue weighted by molar-refractivity contribution is 7.86. The van der Waals surface area contributed by atoms with E-state index in [0.717, 1.165) is 17.9 Å². The Morgan fingerprint density at radius 2 is 0.788 bits per heavy atom. The van der Waals surface area contributed by atoms with Gasteiger partial charge in [-0.3, -0.25) is 0 Å². The van der Waals surface area contributed by atoms with E-state index in [4.69, 9.17) is 8.83 Å². The molecule has 4 aromatic rings. The summed E-state index contributed by atoms with van der Waals surface area (Å²) in [7, 11) is -8.14. The number of benzene rings is 2. The van der Waals surface area contributed by atoms with Crippen LogP contribution in [0.25, 0.3) is 21.9 Å². The molecule has 26 heteroatoms. The van der Waals surface area contributed by atoms with Crippen LogP contribution in [0.4, 0.5) is 74.6 Å². The molecule has 0 radical (unpaired) electrons. The molecule has 2 aromatic heterocycles. The summed E-state index contributed by atoms with van der Waals surface area (Å²) in [5.74, 6) is -52.1. The lowest BCUT2D eigenvalue weighted by Crippen LogP contribution is -3.61. The molecular formula is C26H10F17IO7S. The first-order chi connectivity index (χ1) is 23.2. The molecule has 2 aromatic carbocycles. The maximum absolute atomic E-state index is 13.0. The number of fused-ring (bicyclic) bond motifs is 2. The van der Waals surface area contributed by atoms with E-state index in [-0.39, 0.29) is 11.3 Å². The largest absolute Gasteiger partial charge is 0.743 e. The predicted octanol–water partition coefficient (Wildman–Crippen LogP) is 4.53. The van der Waals surface area contributed by atoms with Crippen LogP contribution in [0.5, 0.6) is 0 Å². The fraction of sp³-hybridized carbons (Fsp3) is 0.308. The van der Waals surface area contributed by atoms with Crippen molar-refractivity contribution in [2.45, 2.75) is 47.0 Å². The highest BCUT2D eigenvalue weighted by atomic mass is 127. The van der Waals surface area contributed by atoms with E-state index in [9.17, 15) is 97.2 Å². The van der Waals surface area contributed by atoms with Crippen LogP contribution >= 0.6 is 0 Å². The molecule has 0 fully saturated rings. The van der Waals surface area contributed by atoms with Gasteiger partial charge in [0.1, 0.15) is 11.2 Å². The van der Waals surface area contributed by atoms with Gasteiger partial charge in [-0.05, 0) is 36.4 Å². The summed E-state index contributed by atoms with van der Waals surface area (Å²) in [6.07, 6.45) is -7.89. The van der Waals surface area contributed by atoms with E-state index in [1.165, 1.54) is 12.1 Å². The molecule has 2 heterocycles. The van der Waals surface area contributed by atoms with Gasteiger partial charge in [0.15, 0.2) is 17.3 Å². The molecule has 0 bridgehead atoms. The normalized spacial score (nSPS) is 14.3. The zero-order chi connectivity index (χ0) is 40.3. The molecular weight excluding hydrogens is 906 g/mol. The summed E-state index contributed by atoms with van der Waals surface area (Å²) >= 11 is -0.465. The van der Waals surface area contributed by atoms with Crippen LogP contribution in [-0.4, -0.2) is 59.9 Å². The van der Waals surface area contributed by atoms with Gasteiger partial charge in [-0.2, -0.15) is 74.6 Å². The molecule has 0 atom stereocenters. The van der Waals surface area contributed by atoms with Gasteiger partial charge in [-0.15, -0.1) is 0 Å². The smallest absolute Gasteiger partial charge is 0.460 e. The molecule has 0 N–H and O–H groups in total. The number of halogens is 18. The summed E-state index contributed by atoms with van der Waals surface area (Å²) < 4.78 is 257. The SMILES string of the molecule is O=S(=O)([O-])C(F)(F)C(F)(F)C(F)(F)C(F)(F)C(F)(F)C(F)(F)C(F)(F)C(F)(F)F.O=c1ccc2ccc([I+]c3ccc4ccc(=O)oc4c3)cc2o1. The molecule has 0 saturated carbocycles. The second-order valence-electron chi connectivity index (χ2n) is 9.88. The molecule has 0 aliphatic heterocycles. The van der Waals surface area contributed by atoms with Gasteiger partial charge in [0, 0.05) is 35.0 Å². The van der Waals surface area contributed by atoms with Gasteiger partial charge in [0.2, 0.25) is 0 Å². The molecule has 0 amide bonds. The minimum Gasteiger partial charge on any atom is -0.743 e. The van der Waals surface area contributed by atoms with Crippen molar-refractivity contribution in [2.75, 3.05) is 0 Å². The molecule has 4 rings (SSSR count). The zero-order valence-corrected chi connectivity index (χ0v) is 26.8.